The molecule has 18 heavy (non-hydrogen) atoms. The van der Waals surface area contributed by atoms with Crippen LogP contribution >= 0.6 is 11.8 Å². The fraction of sp³-hybridized carbons (Fsp3) is 0.786. The number of hydrogen-bond donors (Lipinski definition) is 1. The normalized spacial score (nSPS) is 23.7. The van der Waals surface area contributed by atoms with Gasteiger partial charge in [0.2, 0.25) is 0 Å². The Labute approximate surface area is 115 Å². The topological polar surface area (TPSA) is 29.9 Å². The van der Waals surface area contributed by atoms with Crippen LogP contribution in [0.3, 0.4) is 0 Å². The predicted molar refractivity (Wildman–Crippen MR) is 78.9 cm³/mol. The van der Waals surface area contributed by atoms with E-state index in [1.807, 2.05) is 12.5 Å². The fourth-order valence-electron chi connectivity index (χ4n) is 2.75. The maximum absolute atomic E-state index is 4.26. The monoisotopic (exact) mass is 267 g/mol. The SMILES string of the molecule is CCCn1cncc1CNC1CCCC1SCC. The lowest BCUT2D eigenvalue weighted by atomic mass is 10.2. The summed E-state index contributed by atoms with van der Waals surface area (Å²) in [6, 6.07) is 0.694. The maximum atomic E-state index is 4.26. The van der Waals surface area contributed by atoms with Gasteiger partial charge in [-0.05, 0) is 25.0 Å². The maximum Gasteiger partial charge on any atom is 0.0948 e. The summed E-state index contributed by atoms with van der Waals surface area (Å²) in [5.41, 5.74) is 1.32. The number of nitrogens with one attached hydrogen (secondary N) is 1. The summed E-state index contributed by atoms with van der Waals surface area (Å²) in [6.07, 6.45) is 9.21. The second kappa shape index (κ2) is 7.19. The van der Waals surface area contributed by atoms with Crippen molar-refractivity contribution in [1.29, 1.82) is 0 Å². The fourth-order valence-corrected chi connectivity index (χ4v) is 3.97. The van der Waals surface area contributed by atoms with E-state index in [9.17, 15) is 0 Å². The summed E-state index contributed by atoms with van der Waals surface area (Å²) in [5, 5.41) is 4.55. The number of aryl methyl sites for hydroxylation is 1. The van der Waals surface area contributed by atoms with Crippen LogP contribution in [0.15, 0.2) is 12.5 Å². The molecule has 3 nitrogen and oxygen atoms in total. The van der Waals surface area contributed by atoms with Crippen molar-refractivity contribution in [1.82, 2.24) is 14.9 Å². The molecule has 2 unspecified atom stereocenters. The zero-order chi connectivity index (χ0) is 12.8. The van der Waals surface area contributed by atoms with Crippen LogP contribution in [0.1, 0.15) is 45.2 Å². The molecule has 1 heterocycles. The number of aromatic nitrogens is 2. The smallest absolute Gasteiger partial charge is 0.0948 e. The first-order valence-electron chi connectivity index (χ1n) is 7.19. The van der Waals surface area contributed by atoms with Crippen LogP contribution in [0.25, 0.3) is 0 Å². The Kier molecular flexibility index (Phi) is 5.57. The Bertz CT molecular complexity index is 351. The molecule has 4 heteroatoms. The third-order valence-electron chi connectivity index (χ3n) is 3.64. The quantitative estimate of drug-likeness (QED) is 0.823. The number of thioether (sulfide) groups is 1. The number of hydrogen-bond acceptors (Lipinski definition) is 3. The van der Waals surface area contributed by atoms with E-state index < -0.39 is 0 Å². The minimum absolute atomic E-state index is 0.694. The average molecular weight is 267 g/mol. The van der Waals surface area contributed by atoms with Crippen LogP contribution < -0.4 is 5.32 Å². The van der Waals surface area contributed by atoms with Gasteiger partial charge >= 0.3 is 0 Å². The lowest BCUT2D eigenvalue weighted by Gasteiger charge is -2.20. The second-order valence-electron chi connectivity index (χ2n) is 4.99. The molecule has 0 spiro atoms. The van der Waals surface area contributed by atoms with Crippen molar-refractivity contribution < 1.29 is 0 Å². The van der Waals surface area contributed by atoms with E-state index in [1.54, 1.807) is 0 Å². The molecule has 102 valence electrons. The third kappa shape index (κ3) is 3.51. The zero-order valence-electron chi connectivity index (χ0n) is 11.6. The first-order valence-corrected chi connectivity index (χ1v) is 8.24. The molecule has 1 aromatic rings. The molecule has 1 aromatic heterocycles. The van der Waals surface area contributed by atoms with Crippen LogP contribution in [0.4, 0.5) is 0 Å². The molecular formula is C14H25N3S. The van der Waals surface area contributed by atoms with Crippen molar-refractivity contribution in [3.8, 4) is 0 Å². The van der Waals surface area contributed by atoms with Crippen molar-refractivity contribution in [2.75, 3.05) is 5.75 Å². The third-order valence-corrected chi connectivity index (χ3v) is 4.97. The van der Waals surface area contributed by atoms with Crippen LogP contribution in [-0.4, -0.2) is 26.6 Å². The van der Waals surface area contributed by atoms with Crippen molar-refractivity contribution >= 4 is 11.8 Å². The summed E-state index contributed by atoms with van der Waals surface area (Å²) in [4.78, 5) is 4.26. The van der Waals surface area contributed by atoms with Gasteiger partial charge < -0.3 is 9.88 Å². The molecule has 2 rings (SSSR count). The molecule has 2 atom stereocenters. The Balaban J connectivity index is 1.84. The van der Waals surface area contributed by atoms with Gasteiger partial charge in [-0.3, -0.25) is 0 Å². The Morgan fingerprint density at radius 3 is 3.11 bits per heavy atom. The van der Waals surface area contributed by atoms with Gasteiger partial charge in [0.05, 0.1) is 12.0 Å². The first kappa shape index (κ1) is 13.9. The molecule has 0 amide bonds. The van der Waals surface area contributed by atoms with Crippen molar-refractivity contribution in [2.24, 2.45) is 0 Å². The highest BCUT2D eigenvalue weighted by molar-refractivity contribution is 7.99. The van der Waals surface area contributed by atoms with Gasteiger partial charge in [0.15, 0.2) is 0 Å². The summed E-state index contributed by atoms with van der Waals surface area (Å²) >= 11 is 2.11. The molecule has 0 radical (unpaired) electrons. The van der Waals surface area contributed by atoms with Gasteiger partial charge in [-0.25, -0.2) is 4.98 Å². The van der Waals surface area contributed by atoms with Crippen LogP contribution in [0.2, 0.25) is 0 Å². The predicted octanol–water partition coefficient (Wildman–Crippen LogP) is 3.06. The molecule has 1 N–H and O–H groups in total. The van der Waals surface area contributed by atoms with Gasteiger partial charge in [0.1, 0.15) is 0 Å². The molecule has 1 aliphatic rings. The van der Waals surface area contributed by atoms with E-state index in [4.69, 9.17) is 0 Å². The highest BCUT2D eigenvalue weighted by Crippen LogP contribution is 2.30. The first-order chi connectivity index (χ1) is 8.85. The number of imidazole rings is 1. The standard InChI is InChI=1S/C14H25N3S/c1-3-8-17-11-15-9-12(17)10-16-13-6-5-7-14(13)18-4-2/h9,11,13-14,16H,3-8,10H2,1-2H3. The van der Waals surface area contributed by atoms with Gasteiger partial charge in [-0.15, -0.1) is 0 Å². The molecule has 1 fully saturated rings. The van der Waals surface area contributed by atoms with Crippen molar-refractivity contribution in [2.45, 2.75) is 63.9 Å². The zero-order valence-corrected chi connectivity index (χ0v) is 12.4. The van der Waals surface area contributed by atoms with Gasteiger partial charge in [-0.1, -0.05) is 20.3 Å². The number of rotatable bonds is 7. The largest absolute Gasteiger partial charge is 0.333 e. The Morgan fingerprint density at radius 2 is 2.33 bits per heavy atom. The minimum atomic E-state index is 0.694. The average Bonchev–Trinajstić information content (AvgIpc) is 2.97. The minimum Gasteiger partial charge on any atom is -0.333 e. The van der Waals surface area contributed by atoms with Crippen LogP contribution in [-0.2, 0) is 13.1 Å². The van der Waals surface area contributed by atoms with Crippen molar-refractivity contribution in [3.05, 3.63) is 18.2 Å². The molecule has 0 bridgehead atoms. The van der Waals surface area contributed by atoms with Gasteiger partial charge in [0, 0.05) is 30.6 Å². The summed E-state index contributed by atoms with van der Waals surface area (Å²) in [6.45, 7) is 6.51. The summed E-state index contributed by atoms with van der Waals surface area (Å²) < 4.78 is 2.27. The second-order valence-corrected chi connectivity index (χ2v) is 6.51. The lowest BCUT2D eigenvalue weighted by molar-refractivity contribution is 0.511. The van der Waals surface area contributed by atoms with E-state index in [0.717, 1.165) is 18.3 Å². The van der Waals surface area contributed by atoms with Crippen LogP contribution in [0, 0.1) is 0 Å². The molecule has 1 saturated carbocycles. The van der Waals surface area contributed by atoms with E-state index in [2.05, 4.69) is 40.5 Å². The summed E-state index contributed by atoms with van der Waals surface area (Å²) in [5.74, 6) is 1.23. The Hall–Kier alpha value is -0.480. The lowest BCUT2D eigenvalue weighted by Crippen LogP contribution is -2.34. The Morgan fingerprint density at radius 1 is 1.44 bits per heavy atom. The van der Waals surface area contributed by atoms with Gasteiger partial charge in [-0.2, -0.15) is 11.8 Å². The van der Waals surface area contributed by atoms with E-state index in [-0.39, 0.29) is 0 Å². The molecule has 0 aromatic carbocycles. The summed E-state index contributed by atoms with van der Waals surface area (Å²) in [7, 11) is 0. The molecule has 1 aliphatic carbocycles. The molecular weight excluding hydrogens is 242 g/mol. The highest BCUT2D eigenvalue weighted by atomic mass is 32.2. The van der Waals surface area contributed by atoms with Crippen LogP contribution in [0.5, 0.6) is 0 Å². The van der Waals surface area contributed by atoms with E-state index in [0.29, 0.717) is 6.04 Å². The van der Waals surface area contributed by atoms with E-state index in [1.165, 1.54) is 37.1 Å². The van der Waals surface area contributed by atoms with Gasteiger partial charge in [0.25, 0.3) is 0 Å². The van der Waals surface area contributed by atoms with E-state index >= 15 is 0 Å². The van der Waals surface area contributed by atoms with Crippen molar-refractivity contribution in [3.63, 3.8) is 0 Å². The molecule has 0 aliphatic heterocycles. The number of nitrogens with zero attached hydrogens (tertiary/aromatic N) is 2. The highest BCUT2D eigenvalue weighted by Gasteiger charge is 2.26. The molecule has 0 saturated heterocycles.